The van der Waals surface area contributed by atoms with Gasteiger partial charge < -0.3 is 5.11 Å². The van der Waals surface area contributed by atoms with Gasteiger partial charge in [0.15, 0.2) is 0 Å². The Morgan fingerprint density at radius 2 is 2.21 bits per heavy atom. The van der Waals surface area contributed by atoms with Gasteiger partial charge in [-0.1, -0.05) is 0 Å². The van der Waals surface area contributed by atoms with E-state index in [1.54, 1.807) is 24.1 Å². The van der Waals surface area contributed by atoms with E-state index in [9.17, 15) is 13.2 Å². The number of nitrogens with one attached hydrogen (secondary N) is 1. The van der Waals surface area contributed by atoms with Crippen LogP contribution in [0.15, 0.2) is 10.3 Å². The van der Waals surface area contributed by atoms with Crippen molar-refractivity contribution < 1.29 is 18.3 Å². The lowest BCUT2D eigenvalue weighted by Crippen LogP contribution is -2.32. The van der Waals surface area contributed by atoms with Crippen LogP contribution < -0.4 is 4.72 Å². The zero-order valence-electron chi connectivity index (χ0n) is 10.6. The monoisotopic (exact) mass is 321 g/mol. The Morgan fingerprint density at radius 3 is 2.68 bits per heavy atom. The van der Waals surface area contributed by atoms with Crippen LogP contribution in [0.3, 0.4) is 0 Å². The normalized spacial score (nSPS) is 17.4. The molecule has 0 aliphatic heterocycles. The highest BCUT2D eigenvalue weighted by Crippen LogP contribution is 2.46. The third-order valence-corrected chi connectivity index (χ3v) is 7.43. The summed E-state index contributed by atoms with van der Waals surface area (Å²) >= 11 is 2.59. The molecule has 1 aromatic rings. The summed E-state index contributed by atoms with van der Waals surface area (Å²) < 4.78 is 27.1. The van der Waals surface area contributed by atoms with Gasteiger partial charge in [-0.15, -0.1) is 11.3 Å². The molecule has 106 valence electrons. The van der Waals surface area contributed by atoms with E-state index in [2.05, 4.69) is 4.72 Å². The molecule has 19 heavy (non-hydrogen) atoms. The smallest absolute Gasteiger partial charge is 0.347 e. The predicted molar refractivity (Wildman–Crippen MR) is 76.7 cm³/mol. The molecule has 1 heterocycles. The van der Waals surface area contributed by atoms with Gasteiger partial charge in [-0.25, -0.2) is 17.9 Å². The highest BCUT2D eigenvalue weighted by Gasteiger charge is 2.43. The minimum Gasteiger partial charge on any atom is -0.477 e. The molecule has 0 radical (unpaired) electrons. The molecule has 0 bridgehead atoms. The fraction of sp³-hybridized carbons (Fsp3) is 0.545. The van der Waals surface area contributed by atoms with Gasteiger partial charge in [-0.2, -0.15) is 11.8 Å². The minimum absolute atomic E-state index is 0.000380. The second-order valence-corrected chi connectivity index (χ2v) is 8.45. The summed E-state index contributed by atoms with van der Waals surface area (Å²) in [6, 6.07) is 0. The molecule has 2 rings (SSSR count). The number of hydrogen-bond donors (Lipinski definition) is 2. The van der Waals surface area contributed by atoms with Crippen molar-refractivity contribution in [3.63, 3.8) is 0 Å². The van der Waals surface area contributed by atoms with Gasteiger partial charge in [0.25, 0.3) is 0 Å². The molecule has 5 nitrogen and oxygen atoms in total. The molecule has 8 heteroatoms. The van der Waals surface area contributed by atoms with E-state index >= 15 is 0 Å². The minimum atomic E-state index is -3.76. The Hall–Kier alpha value is -0.570. The van der Waals surface area contributed by atoms with Crippen molar-refractivity contribution >= 4 is 39.1 Å². The van der Waals surface area contributed by atoms with Gasteiger partial charge in [0.05, 0.1) is 0 Å². The Bertz CT molecular complexity index is 601. The fourth-order valence-corrected chi connectivity index (χ4v) is 5.38. The number of thiophene rings is 1. The first-order valence-electron chi connectivity index (χ1n) is 5.67. The van der Waals surface area contributed by atoms with Crippen molar-refractivity contribution in [1.29, 1.82) is 0 Å². The lowest BCUT2D eigenvalue weighted by molar-refractivity contribution is 0.0698. The third-order valence-electron chi connectivity index (χ3n) is 3.21. The summed E-state index contributed by atoms with van der Waals surface area (Å²) in [6.45, 7) is 1.96. The van der Waals surface area contributed by atoms with Gasteiger partial charge in [-0.3, -0.25) is 0 Å². The van der Waals surface area contributed by atoms with Crippen molar-refractivity contribution in [2.75, 3.05) is 12.8 Å². The number of rotatable bonds is 6. The molecule has 0 aromatic carbocycles. The molecule has 1 fully saturated rings. The SMILES string of the molecule is CSC1(CNS(=O)(=O)c2c(C)csc2C(=O)O)CC1. The maximum Gasteiger partial charge on any atom is 0.347 e. The lowest BCUT2D eigenvalue weighted by Gasteiger charge is -2.13. The van der Waals surface area contributed by atoms with Crippen LogP contribution in [0.1, 0.15) is 28.1 Å². The number of carboxylic acid groups (broad SMARTS) is 1. The molecule has 1 aliphatic carbocycles. The first kappa shape index (κ1) is 14.8. The highest BCUT2D eigenvalue weighted by atomic mass is 32.2. The molecule has 2 N–H and O–H groups in total. The van der Waals surface area contributed by atoms with Gasteiger partial charge in [0.1, 0.15) is 9.77 Å². The van der Waals surface area contributed by atoms with Crippen LogP contribution in [-0.2, 0) is 10.0 Å². The summed E-state index contributed by atoms with van der Waals surface area (Å²) in [7, 11) is -3.76. The first-order chi connectivity index (χ1) is 8.81. The zero-order chi connectivity index (χ0) is 14.3. The Balaban J connectivity index is 2.24. The number of carboxylic acids is 1. The molecular formula is C11H15NO4S3. The fourth-order valence-electron chi connectivity index (χ4n) is 1.81. The molecule has 1 saturated carbocycles. The predicted octanol–water partition coefficient (Wildman–Crippen LogP) is 1.93. The molecular weight excluding hydrogens is 306 g/mol. The molecule has 0 unspecified atom stereocenters. The van der Waals surface area contributed by atoms with Crippen LogP contribution in [-0.4, -0.2) is 37.0 Å². The number of thioether (sulfide) groups is 1. The van der Waals surface area contributed by atoms with Gasteiger partial charge in [0, 0.05) is 11.3 Å². The first-order valence-corrected chi connectivity index (χ1v) is 9.26. The molecule has 1 aromatic heterocycles. The van der Waals surface area contributed by atoms with E-state index in [1.807, 2.05) is 6.26 Å². The highest BCUT2D eigenvalue weighted by molar-refractivity contribution is 8.00. The number of aromatic carboxylic acids is 1. The molecule has 0 saturated heterocycles. The number of hydrogen-bond acceptors (Lipinski definition) is 5. The van der Waals surface area contributed by atoms with Crippen LogP contribution in [0, 0.1) is 6.92 Å². The van der Waals surface area contributed by atoms with Crippen molar-refractivity contribution in [2.45, 2.75) is 29.4 Å². The van der Waals surface area contributed by atoms with Crippen LogP contribution >= 0.6 is 23.1 Å². The summed E-state index contributed by atoms with van der Waals surface area (Å²) in [5.74, 6) is -1.20. The van der Waals surface area contributed by atoms with E-state index in [4.69, 9.17) is 5.11 Å². The standard InChI is InChI=1S/C11H15NO4S3/c1-7-5-18-8(10(13)14)9(7)19(15,16)12-6-11(17-2)3-4-11/h5,12H,3-4,6H2,1-2H3,(H,13,14). The second-order valence-electron chi connectivity index (χ2n) is 4.59. The molecule has 0 spiro atoms. The van der Waals surface area contributed by atoms with Crippen LogP contribution in [0.25, 0.3) is 0 Å². The lowest BCUT2D eigenvalue weighted by atomic mass is 10.3. The van der Waals surface area contributed by atoms with E-state index in [-0.39, 0.29) is 14.5 Å². The summed E-state index contributed by atoms with van der Waals surface area (Å²) in [5.41, 5.74) is 0.476. The summed E-state index contributed by atoms with van der Waals surface area (Å²) in [4.78, 5) is 10.8. The van der Waals surface area contributed by atoms with E-state index in [1.165, 1.54) is 0 Å². The Labute approximate surface area is 120 Å². The maximum absolute atomic E-state index is 12.3. The average molecular weight is 321 g/mol. The molecule has 0 amide bonds. The van der Waals surface area contributed by atoms with Crippen molar-refractivity contribution in [1.82, 2.24) is 4.72 Å². The van der Waals surface area contributed by atoms with Crippen molar-refractivity contribution in [3.05, 3.63) is 15.8 Å². The van der Waals surface area contributed by atoms with E-state index in [0.717, 1.165) is 24.2 Å². The van der Waals surface area contributed by atoms with E-state index in [0.29, 0.717) is 12.1 Å². The number of aryl methyl sites for hydroxylation is 1. The molecule has 1 aliphatic rings. The second kappa shape index (κ2) is 5.08. The largest absolute Gasteiger partial charge is 0.477 e. The third kappa shape index (κ3) is 2.96. The number of sulfonamides is 1. The maximum atomic E-state index is 12.3. The topological polar surface area (TPSA) is 83.5 Å². The van der Waals surface area contributed by atoms with Crippen LogP contribution in [0.4, 0.5) is 0 Å². The zero-order valence-corrected chi connectivity index (χ0v) is 13.0. The quantitative estimate of drug-likeness (QED) is 0.836. The Kier molecular flexibility index (Phi) is 3.97. The average Bonchev–Trinajstić information content (AvgIpc) is 3.02. The van der Waals surface area contributed by atoms with Crippen LogP contribution in [0.5, 0.6) is 0 Å². The van der Waals surface area contributed by atoms with Gasteiger partial charge in [-0.05, 0) is 37.0 Å². The molecule has 0 atom stereocenters. The summed E-state index contributed by atoms with van der Waals surface area (Å²) in [6.07, 6.45) is 3.94. The van der Waals surface area contributed by atoms with Gasteiger partial charge >= 0.3 is 5.97 Å². The van der Waals surface area contributed by atoms with E-state index < -0.39 is 16.0 Å². The summed E-state index contributed by atoms with van der Waals surface area (Å²) in [5, 5.41) is 10.6. The van der Waals surface area contributed by atoms with Crippen LogP contribution in [0.2, 0.25) is 0 Å². The Morgan fingerprint density at radius 1 is 1.58 bits per heavy atom. The van der Waals surface area contributed by atoms with Gasteiger partial charge in [0.2, 0.25) is 10.0 Å². The number of carbonyl (C=O) groups is 1. The van der Waals surface area contributed by atoms with Crippen molar-refractivity contribution in [3.8, 4) is 0 Å². The van der Waals surface area contributed by atoms with Crippen molar-refractivity contribution in [2.24, 2.45) is 0 Å².